The van der Waals surface area contributed by atoms with Crippen LogP contribution < -0.4 is 10.5 Å². The molecule has 3 aromatic rings. The minimum Gasteiger partial charge on any atom is -0.489 e. The summed E-state index contributed by atoms with van der Waals surface area (Å²) in [7, 11) is 0. The second kappa shape index (κ2) is 7.81. The van der Waals surface area contributed by atoms with E-state index in [0.717, 1.165) is 16.9 Å². The summed E-state index contributed by atoms with van der Waals surface area (Å²) < 4.78 is 10.8. The molecule has 2 N–H and O–H groups in total. The maximum absolute atomic E-state index is 12.0. The molecule has 25 heavy (non-hydrogen) atoms. The molecule has 0 atom stereocenters. The smallest absolute Gasteiger partial charge is 0.358 e. The number of aromatic nitrogens is 1. The van der Waals surface area contributed by atoms with Gasteiger partial charge in [-0.05, 0) is 42.3 Å². The Morgan fingerprint density at radius 2 is 1.84 bits per heavy atom. The van der Waals surface area contributed by atoms with E-state index in [1.165, 1.54) is 11.3 Å². The van der Waals surface area contributed by atoms with Crippen molar-refractivity contribution in [2.24, 2.45) is 0 Å². The van der Waals surface area contributed by atoms with Crippen LogP contribution in [0.5, 0.6) is 5.75 Å². The van der Waals surface area contributed by atoms with Crippen LogP contribution >= 0.6 is 11.3 Å². The third-order valence-corrected chi connectivity index (χ3v) is 4.41. The lowest BCUT2D eigenvalue weighted by Crippen LogP contribution is -2.06. The lowest BCUT2D eigenvalue weighted by molar-refractivity contribution is 0.0521. The molecule has 0 aliphatic rings. The summed E-state index contributed by atoms with van der Waals surface area (Å²) in [6, 6.07) is 17.5. The van der Waals surface area contributed by atoms with Gasteiger partial charge in [0.05, 0.1) is 11.5 Å². The van der Waals surface area contributed by atoms with Crippen molar-refractivity contribution in [1.82, 2.24) is 4.98 Å². The summed E-state index contributed by atoms with van der Waals surface area (Å²) in [5, 5.41) is 0.336. The Bertz CT molecular complexity index is 845. The van der Waals surface area contributed by atoms with Gasteiger partial charge in [-0.1, -0.05) is 41.7 Å². The zero-order valence-corrected chi connectivity index (χ0v) is 14.6. The molecule has 1 aromatic heterocycles. The Morgan fingerprint density at radius 1 is 1.12 bits per heavy atom. The Hall–Kier alpha value is -2.86. The van der Waals surface area contributed by atoms with E-state index in [1.54, 1.807) is 6.92 Å². The topological polar surface area (TPSA) is 74.4 Å². The molecule has 0 fully saturated rings. The summed E-state index contributed by atoms with van der Waals surface area (Å²) in [6.07, 6.45) is 0. The predicted octanol–water partition coefficient (Wildman–Crippen LogP) is 4.15. The van der Waals surface area contributed by atoms with E-state index >= 15 is 0 Å². The van der Waals surface area contributed by atoms with Crippen LogP contribution in [0.1, 0.15) is 23.0 Å². The number of nitrogen functional groups attached to an aromatic ring is 1. The van der Waals surface area contributed by atoms with Crippen molar-refractivity contribution < 1.29 is 14.3 Å². The molecule has 1 heterocycles. The quantitative estimate of drug-likeness (QED) is 0.673. The van der Waals surface area contributed by atoms with Crippen molar-refractivity contribution in [1.29, 1.82) is 0 Å². The van der Waals surface area contributed by atoms with Gasteiger partial charge >= 0.3 is 5.97 Å². The van der Waals surface area contributed by atoms with E-state index in [4.69, 9.17) is 15.2 Å². The van der Waals surface area contributed by atoms with Gasteiger partial charge in [0.25, 0.3) is 0 Å². The zero-order valence-electron chi connectivity index (χ0n) is 13.8. The van der Waals surface area contributed by atoms with E-state index in [-0.39, 0.29) is 5.69 Å². The minimum absolute atomic E-state index is 0.252. The van der Waals surface area contributed by atoms with Gasteiger partial charge in [0, 0.05) is 0 Å². The van der Waals surface area contributed by atoms with E-state index in [9.17, 15) is 4.79 Å². The molecule has 0 bridgehead atoms. The Balaban J connectivity index is 1.75. The third-order valence-electron chi connectivity index (χ3n) is 3.48. The molecule has 0 spiro atoms. The highest BCUT2D eigenvalue weighted by molar-refractivity contribution is 7.19. The van der Waals surface area contributed by atoms with Crippen molar-refractivity contribution in [2.45, 2.75) is 13.5 Å². The first kappa shape index (κ1) is 17.0. The SMILES string of the molecule is CCOC(=O)c1nc(N)sc1-c1ccc(OCc2ccccc2)cc1. The molecule has 0 amide bonds. The maximum atomic E-state index is 12.0. The van der Waals surface area contributed by atoms with Gasteiger partial charge < -0.3 is 15.2 Å². The Morgan fingerprint density at radius 3 is 2.52 bits per heavy atom. The van der Waals surface area contributed by atoms with Crippen molar-refractivity contribution in [3.8, 4) is 16.2 Å². The number of nitrogens with two attached hydrogens (primary N) is 1. The summed E-state index contributed by atoms with van der Waals surface area (Å²) in [5.41, 5.74) is 7.97. The third kappa shape index (κ3) is 4.16. The number of hydrogen-bond acceptors (Lipinski definition) is 6. The van der Waals surface area contributed by atoms with Crippen LogP contribution in [0.4, 0.5) is 5.13 Å². The Labute approximate surface area is 150 Å². The number of anilines is 1. The molecule has 0 saturated heterocycles. The highest BCUT2D eigenvalue weighted by atomic mass is 32.1. The maximum Gasteiger partial charge on any atom is 0.358 e. The lowest BCUT2D eigenvalue weighted by Gasteiger charge is -2.07. The van der Waals surface area contributed by atoms with Gasteiger partial charge in [0.15, 0.2) is 10.8 Å². The predicted molar refractivity (Wildman–Crippen MR) is 98.7 cm³/mol. The number of rotatable bonds is 6. The number of ether oxygens (including phenoxy) is 2. The fraction of sp³-hybridized carbons (Fsp3) is 0.158. The van der Waals surface area contributed by atoms with E-state index in [0.29, 0.717) is 23.2 Å². The number of nitrogens with zero attached hydrogens (tertiary/aromatic N) is 1. The average Bonchev–Trinajstić information content (AvgIpc) is 3.03. The van der Waals surface area contributed by atoms with Crippen molar-refractivity contribution in [3.05, 3.63) is 65.9 Å². The van der Waals surface area contributed by atoms with Crippen LogP contribution in [0, 0.1) is 0 Å². The fourth-order valence-corrected chi connectivity index (χ4v) is 3.14. The van der Waals surface area contributed by atoms with Gasteiger partial charge in [0.2, 0.25) is 0 Å². The van der Waals surface area contributed by atoms with Crippen molar-refractivity contribution in [3.63, 3.8) is 0 Å². The minimum atomic E-state index is -0.463. The van der Waals surface area contributed by atoms with Crippen LogP contribution in [0.25, 0.3) is 10.4 Å². The average molecular weight is 354 g/mol. The van der Waals surface area contributed by atoms with Gasteiger partial charge in [-0.25, -0.2) is 9.78 Å². The zero-order chi connectivity index (χ0) is 17.6. The molecule has 3 rings (SSSR count). The highest BCUT2D eigenvalue weighted by Gasteiger charge is 2.19. The lowest BCUT2D eigenvalue weighted by atomic mass is 10.1. The first-order valence-corrected chi connectivity index (χ1v) is 8.69. The molecule has 6 heteroatoms. The van der Waals surface area contributed by atoms with E-state index in [1.807, 2.05) is 54.6 Å². The van der Waals surface area contributed by atoms with Crippen molar-refractivity contribution >= 4 is 22.4 Å². The molecule has 0 aliphatic carbocycles. The van der Waals surface area contributed by atoms with Crippen LogP contribution in [0.15, 0.2) is 54.6 Å². The fourth-order valence-electron chi connectivity index (χ4n) is 2.31. The normalized spacial score (nSPS) is 10.4. The number of hydrogen-bond donors (Lipinski definition) is 1. The van der Waals surface area contributed by atoms with Crippen LogP contribution in [0.2, 0.25) is 0 Å². The molecule has 0 radical (unpaired) electrons. The molecule has 128 valence electrons. The summed E-state index contributed by atoms with van der Waals surface area (Å²) in [5.74, 6) is 0.289. The van der Waals surface area contributed by atoms with E-state index in [2.05, 4.69) is 4.98 Å². The monoisotopic (exact) mass is 354 g/mol. The number of carbonyl (C=O) groups excluding carboxylic acids is 1. The van der Waals surface area contributed by atoms with Crippen LogP contribution in [0.3, 0.4) is 0 Å². The van der Waals surface area contributed by atoms with Gasteiger partial charge in [-0.2, -0.15) is 0 Å². The number of esters is 1. The second-order valence-electron chi connectivity index (χ2n) is 5.25. The number of benzene rings is 2. The van der Waals surface area contributed by atoms with Gasteiger partial charge in [0.1, 0.15) is 12.4 Å². The molecule has 5 nitrogen and oxygen atoms in total. The van der Waals surface area contributed by atoms with Gasteiger partial charge in [-0.15, -0.1) is 0 Å². The van der Waals surface area contributed by atoms with Crippen LogP contribution in [-0.4, -0.2) is 17.6 Å². The molecule has 2 aromatic carbocycles. The Kier molecular flexibility index (Phi) is 5.30. The largest absolute Gasteiger partial charge is 0.489 e. The number of thiazole rings is 1. The number of carbonyl (C=O) groups is 1. The first-order chi connectivity index (χ1) is 12.2. The molecule has 0 aliphatic heterocycles. The summed E-state index contributed by atoms with van der Waals surface area (Å²) in [6.45, 7) is 2.55. The summed E-state index contributed by atoms with van der Waals surface area (Å²) in [4.78, 5) is 16.8. The van der Waals surface area contributed by atoms with Crippen molar-refractivity contribution in [2.75, 3.05) is 12.3 Å². The molecular formula is C19H18N2O3S. The first-order valence-electron chi connectivity index (χ1n) is 7.88. The molecule has 0 unspecified atom stereocenters. The van der Waals surface area contributed by atoms with E-state index < -0.39 is 5.97 Å². The second-order valence-corrected chi connectivity index (χ2v) is 6.28. The molecule has 0 saturated carbocycles. The van der Waals surface area contributed by atoms with Gasteiger partial charge in [-0.3, -0.25) is 0 Å². The highest BCUT2D eigenvalue weighted by Crippen LogP contribution is 2.33. The standard InChI is InChI=1S/C19H18N2O3S/c1-2-23-18(22)16-17(25-19(20)21-16)14-8-10-15(11-9-14)24-12-13-6-4-3-5-7-13/h3-11H,2,12H2,1H3,(H2,20,21). The summed E-state index contributed by atoms with van der Waals surface area (Å²) >= 11 is 1.26. The van der Waals surface area contributed by atoms with Crippen LogP contribution in [-0.2, 0) is 11.3 Å². The molecular weight excluding hydrogens is 336 g/mol.